The molecule has 3 aromatic rings. The Kier molecular flexibility index (Phi) is 5.58. The van der Waals surface area contributed by atoms with Gasteiger partial charge in [0, 0.05) is 11.6 Å². The van der Waals surface area contributed by atoms with Gasteiger partial charge < -0.3 is 14.4 Å². The first-order valence-electron chi connectivity index (χ1n) is 10.0. The highest BCUT2D eigenvalue weighted by Crippen LogP contribution is 2.42. The quantitative estimate of drug-likeness (QED) is 0.362. The molecule has 158 valence electrons. The molecule has 1 aliphatic heterocycles. The van der Waals surface area contributed by atoms with Crippen molar-refractivity contribution < 1.29 is 24.0 Å². The minimum Gasteiger partial charge on any atom is -0.507 e. The van der Waals surface area contributed by atoms with Crippen LogP contribution < -0.4 is 9.64 Å². The molecule has 0 bridgehead atoms. The van der Waals surface area contributed by atoms with Gasteiger partial charge in [0.25, 0.3) is 5.78 Å². The van der Waals surface area contributed by atoms with Crippen LogP contribution in [0.25, 0.3) is 5.76 Å². The van der Waals surface area contributed by atoms with E-state index in [2.05, 4.69) is 5.16 Å². The van der Waals surface area contributed by atoms with Gasteiger partial charge in [-0.3, -0.25) is 14.5 Å². The standard InChI is InChI=1S/C24H22N2O5/c1-3-12-30-18-11-7-10-17(14-18)21-20(22(27)16-8-5-4-6-9-16)23(28)24(29)26(21)19-13-15(2)31-25-19/h4-11,13-14,21,27H,3,12H2,1-2H3/b22-20+. The highest BCUT2D eigenvalue weighted by molar-refractivity contribution is 6.51. The number of carbonyl (C=O) groups excluding carboxylic acids is 2. The summed E-state index contributed by atoms with van der Waals surface area (Å²) in [4.78, 5) is 27.3. The molecule has 1 saturated heterocycles. The van der Waals surface area contributed by atoms with Gasteiger partial charge in [0.1, 0.15) is 17.3 Å². The van der Waals surface area contributed by atoms with Crippen LogP contribution in [0, 0.1) is 6.92 Å². The number of benzene rings is 2. The Hall–Kier alpha value is -3.87. The number of ether oxygens (including phenoxy) is 1. The van der Waals surface area contributed by atoms with Crippen LogP contribution >= 0.6 is 0 Å². The molecule has 1 aromatic heterocycles. The van der Waals surface area contributed by atoms with Gasteiger partial charge in [0.2, 0.25) is 0 Å². The summed E-state index contributed by atoms with van der Waals surface area (Å²) in [6.07, 6.45) is 0.842. The van der Waals surface area contributed by atoms with Gasteiger partial charge in [-0.2, -0.15) is 0 Å². The summed E-state index contributed by atoms with van der Waals surface area (Å²) in [7, 11) is 0. The van der Waals surface area contributed by atoms with Crippen molar-refractivity contribution in [2.24, 2.45) is 0 Å². The lowest BCUT2D eigenvalue weighted by Crippen LogP contribution is -2.29. The lowest BCUT2D eigenvalue weighted by Gasteiger charge is -2.23. The number of aromatic nitrogens is 1. The number of amides is 1. The Morgan fingerprint density at radius 3 is 2.58 bits per heavy atom. The minimum atomic E-state index is -0.880. The van der Waals surface area contributed by atoms with E-state index in [9.17, 15) is 14.7 Å². The molecule has 7 nitrogen and oxygen atoms in total. The molecule has 1 unspecified atom stereocenters. The lowest BCUT2D eigenvalue weighted by atomic mass is 9.95. The molecule has 1 fully saturated rings. The largest absolute Gasteiger partial charge is 0.507 e. The Morgan fingerprint density at radius 1 is 1.13 bits per heavy atom. The van der Waals surface area contributed by atoms with Gasteiger partial charge in [0.05, 0.1) is 18.2 Å². The molecule has 7 heteroatoms. The number of aliphatic hydroxyl groups excluding tert-OH is 1. The number of rotatable bonds is 6. The van der Waals surface area contributed by atoms with Crippen LogP contribution in [0.5, 0.6) is 5.75 Å². The number of anilines is 1. The first-order chi connectivity index (χ1) is 15.0. The van der Waals surface area contributed by atoms with Gasteiger partial charge in [-0.1, -0.05) is 54.5 Å². The van der Waals surface area contributed by atoms with Crippen molar-refractivity contribution >= 4 is 23.3 Å². The number of aryl methyl sites for hydroxylation is 1. The molecule has 1 amide bonds. The van der Waals surface area contributed by atoms with Crippen molar-refractivity contribution in [3.63, 3.8) is 0 Å². The Balaban J connectivity index is 1.90. The van der Waals surface area contributed by atoms with Gasteiger partial charge in [-0.15, -0.1) is 0 Å². The summed E-state index contributed by atoms with van der Waals surface area (Å²) in [6.45, 7) is 4.24. The molecule has 0 aliphatic carbocycles. The van der Waals surface area contributed by atoms with E-state index >= 15 is 0 Å². The van der Waals surface area contributed by atoms with Crippen LogP contribution in [-0.2, 0) is 9.59 Å². The van der Waals surface area contributed by atoms with Crippen molar-refractivity contribution in [3.05, 3.63) is 83.1 Å². The van der Waals surface area contributed by atoms with E-state index in [1.54, 1.807) is 61.5 Å². The first kappa shape index (κ1) is 20.4. The maximum Gasteiger partial charge on any atom is 0.301 e. The highest BCUT2D eigenvalue weighted by Gasteiger charge is 2.48. The SMILES string of the molecule is CCCOc1cccc(C2/C(=C(\O)c3ccccc3)C(=O)C(=O)N2c2cc(C)on2)c1. The molecule has 1 aliphatic rings. The Labute approximate surface area is 179 Å². The number of hydrogen-bond acceptors (Lipinski definition) is 6. The molecule has 1 atom stereocenters. The summed E-state index contributed by atoms with van der Waals surface area (Å²) in [5.74, 6) is -0.495. The molecule has 2 heterocycles. The number of hydrogen-bond donors (Lipinski definition) is 1. The molecule has 1 N–H and O–H groups in total. The summed E-state index contributed by atoms with van der Waals surface area (Å²) in [5.41, 5.74) is 1.05. The highest BCUT2D eigenvalue weighted by atomic mass is 16.5. The molecule has 31 heavy (non-hydrogen) atoms. The van der Waals surface area contributed by atoms with Crippen LogP contribution in [0.1, 0.15) is 36.3 Å². The van der Waals surface area contributed by atoms with E-state index in [4.69, 9.17) is 9.26 Å². The van der Waals surface area contributed by atoms with Crippen LogP contribution in [0.15, 0.2) is 70.8 Å². The third-order valence-corrected chi connectivity index (χ3v) is 5.00. The Bertz CT molecular complexity index is 1150. The fourth-order valence-electron chi connectivity index (χ4n) is 3.60. The van der Waals surface area contributed by atoms with Crippen LogP contribution in [-0.4, -0.2) is 28.6 Å². The molecule has 0 radical (unpaired) electrons. The molecule has 0 spiro atoms. The fraction of sp³-hybridized carbons (Fsp3) is 0.208. The second-order valence-electron chi connectivity index (χ2n) is 7.25. The number of aliphatic hydroxyl groups is 1. The van der Waals surface area contributed by atoms with Gasteiger partial charge >= 0.3 is 5.91 Å². The zero-order valence-electron chi connectivity index (χ0n) is 17.2. The van der Waals surface area contributed by atoms with Crippen molar-refractivity contribution in [1.29, 1.82) is 0 Å². The fourth-order valence-corrected chi connectivity index (χ4v) is 3.60. The van der Waals surface area contributed by atoms with E-state index < -0.39 is 17.7 Å². The first-order valence-corrected chi connectivity index (χ1v) is 10.0. The smallest absolute Gasteiger partial charge is 0.301 e. The van der Waals surface area contributed by atoms with Crippen LogP contribution in [0.2, 0.25) is 0 Å². The third-order valence-electron chi connectivity index (χ3n) is 5.00. The maximum atomic E-state index is 13.1. The average Bonchev–Trinajstić information content (AvgIpc) is 3.33. The minimum absolute atomic E-state index is 0.00973. The zero-order chi connectivity index (χ0) is 22.0. The lowest BCUT2D eigenvalue weighted by molar-refractivity contribution is -0.132. The number of ketones is 1. The second kappa shape index (κ2) is 8.47. The molecule has 4 rings (SSSR count). The van der Waals surface area contributed by atoms with E-state index in [0.717, 1.165) is 6.42 Å². The van der Waals surface area contributed by atoms with Crippen molar-refractivity contribution in [3.8, 4) is 5.75 Å². The summed E-state index contributed by atoms with van der Waals surface area (Å²) < 4.78 is 10.9. The summed E-state index contributed by atoms with van der Waals surface area (Å²) >= 11 is 0. The topological polar surface area (TPSA) is 92.9 Å². The van der Waals surface area contributed by atoms with Crippen molar-refractivity contribution in [2.45, 2.75) is 26.3 Å². The number of Topliss-reactive ketones (excluding diaryl/α,β-unsaturated/α-hetero) is 1. The summed E-state index contributed by atoms with van der Waals surface area (Å²) in [6, 6.07) is 16.5. The molecular weight excluding hydrogens is 396 g/mol. The normalized spacial score (nSPS) is 17.9. The molecule has 2 aromatic carbocycles. The van der Waals surface area contributed by atoms with Crippen LogP contribution in [0.4, 0.5) is 5.82 Å². The molecular formula is C24H22N2O5. The van der Waals surface area contributed by atoms with E-state index in [1.807, 2.05) is 13.0 Å². The van der Waals surface area contributed by atoms with E-state index in [0.29, 0.717) is 29.2 Å². The second-order valence-corrected chi connectivity index (χ2v) is 7.25. The predicted octanol–water partition coefficient (Wildman–Crippen LogP) is 4.40. The molecule has 0 saturated carbocycles. The van der Waals surface area contributed by atoms with E-state index in [-0.39, 0.29) is 17.2 Å². The third kappa shape index (κ3) is 3.82. The van der Waals surface area contributed by atoms with Crippen molar-refractivity contribution in [2.75, 3.05) is 11.5 Å². The monoisotopic (exact) mass is 418 g/mol. The Morgan fingerprint density at radius 2 is 1.90 bits per heavy atom. The van der Waals surface area contributed by atoms with Gasteiger partial charge in [-0.25, -0.2) is 0 Å². The number of nitrogens with zero attached hydrogens (tertiary/aromatic N) is 2. The zero-order valence-corrected chi connectivity index (χ0v) is 17.2. The van der Waals surface area contributed by atoms with Crippen LogP contribution in [0.3, 0.4) is 0 Å². The number of carbonyl (C=O) groups is 2. The van der Waals surface area contributed by atoms with Crippen molar-refractivity contribution in [1.82, 2.24) is 5.16 Å². The average molecular weight is 418 g/mol. The van der Waals surface area contributed by atoms with E-state index in [1.165, 1.54) is 4.90 Å². The predicted molar refractivity (Wildman–Crippen MR) is 115 cm³/mol. The van der Waals surface area contributed by atoms with Gasteiger partial charge in [0.15, 0.2) is 5.82 Å². The maximum absolute atomic E-state index is 13.1. The van der Waals surface area contributed by atoms with Gasteiger partial charge in [-0.05, 0) is 31.0 Å². The summed E-state index contributed by atoms with van der Waals surface area (Å²) in [5, 5.41) is 15.0.